The highest BCUT2D eigenvalue weighted by molar-refractivity contribution is 5.90. The van der Waals surface area contributed by atoms with Gasteiger partial charge in [-0.25, -0.2) is 4.79 Å². The molecule has 5 heteroatoms. The lowest BCUT2D eigenvalue weighted by Gasteiger charge is -2.11. The topological polar surface area (TPSA) is 70.8 Å². The predicted octanol–water partition coefficient (Wildman–Crippen LogP) is 3.25. The van der Waals surface area contributed by atoms with Gasteiger partial charge in [0.2, 0.25) is 0 Å². The molecule has 0 atom stereocenters. The quantitative estimate of drug-likeness (QED) is 0.675. The van der Waals surface area contributed by atoms with Crippen molar-refractivity contribution in [2.45, 2.75) is 6.92 Å². The Hall–Kier alpha value is -2.69. The Morgan fingerprint density at radius 3 is 2.62 bits per heavy atom. The number of hydrogen-bond donors (Lipinski definition) is 1. The molecule has 0 aliphatic heterocycles. The molecular weight excluding hydrogens is 270 g/mol. The summed E-state index contributed by atoms with van der Waals surface area (Å²) in [6.45, 7) is 2.07. The largest absolute Gasteiger partial charge is 0.497 e. The summed E-state index contributed by atoms with van der Waals surface area (Å²) in [5.74, 6) is 1.23. The standard InChI is InChI=1S/C16H17NO4/c1-3-20-16(18)11-7-8-14(17)15(9-11)21-13-6-4-5-12(10-13)19-2/h4-10H,3,17H2,1-2H3. The summed E-state index contributed by atoms with van der Waals surface area (Å²) < 4.78 is 15.8. The molecule has 21 heavy (non-hydrogen) atoms. The highest BCUT2D eigenvalue weighted by atomic mass is 16.5. The summed E-state index contributed by atoms with van der Waals surface area (Å²) in [5.41, 5.74) is 6.70. The molecule has 2 aromatic rings. The van der Waals surface area contributed by atoms with Crippen molar-refractivity contribution in [2.24, 2.45) is 0 Å². The average Bonchev–Trinajstić information content (AvgIpc) is 2.50. The van der Waals surface area contributed by atoms with Gasteiger partial charge in [0, 0.05) is 6.07 Å². The molecular formula is C16H17NO4. The van der Waals surface area contributed by atoms with Crippen LogP contribution in [-0.2, 0) is 4.74 Å². The molecule has 2 rings (SSSR count). The van der Waals surface area contributed by atoms with Gasteiger partial charge in [-0.3, -0.25) is 0 Å². The highest BCUT2D eigenvalue weighted by Crippen LogP contribution is 2.30. The average molecular weight is 287 g/mol. The van der Waals surface area contributed by atoms with Gasteiger partial charge in [-0.2, -0.15) is 0 Å². The van der Waals surface area contributed by atoms with Crippen molar-refractivity contribution >= 4 is 11.7 Å². The maximum Gasteiger partial charge on any atom is 0.338 e. The minimum atomic E-state index is -0.409. The molecule has 0 radical (unpaired) electrons. The van der Waals surface area contributed by atoms with Crippen molar-refractivity contribution in [1.29, 1.82) is 0 Å². The monoisotopic (exact) mass is 287 g/mol. The van der Waals surface area contributed by atoms with Gasteiger partial charge < -0.3 is 19.9 Å². The third-order valence-electron chi connectivity index (χ3n) is 2.79. The zero-order valence-corrected chi connectivity index (χ0v) is 12.0. The van der Waals surface area contributed by atoms with Crippen LogP contribution in [0.3, 0.4) is 0 Å². The summed E-state index contributed by atoms with van der Waals surface area (Å²) in [5, 5.41) is 0. The van der Waals surface area contributed by atoms with E-state index in [-0.39, 0.29) is 0 Å². The summed E-state index contributed by atoms with van der Waals surface area (Å²) in [7, 11) is 1.58. The summed E-state index contributed by atoms with van der Waals surface area (Å²) in [4.78, 5) is 11.7. The molecule has 0 aliphatic carbocycles. The van der Waals surface area contributed by atoms with Crippen molar-refractivity contribution in [1.82, 2.24) is 0 Å². The zero-order chi connectivity index (χ0) is 15.2. The minimum Gasteiger partial charge on any atom is -0.497 e. The highest BCUT2D eigenvalue weighted by Gasteiger charge is 2.11. The second-order valence-electron chi connectivity index (χ2n) is 4.25. The van der Waals surface area contributed by atoms with Crippen molar-refractivity contribution < 1.29 is 19.0 Å². The normalized spacial score (nSPS) is 10.0. The van der Waals surface area contributed by atoms with Crippen LogP contribution in [0.2, 0.25) is 0 Å². The molecule has 0 amide bonds. The first-order chi connectivity index (χ1) is 10.1. The molecule has 110 valence electrons. The molecule has 0 aromatic heterocycles. The first kappa shape index (κ1) is 14.7. The summed E-state index contributed by atoms with van der Waals surface area (Å²) in [6, 6.07) is 11.9. The Morgan fingerprint density at radius 1 is 1.14 bits per heavy atom. The van der Waals surface area contributed by atoms with Gasteiger partial charge >= 0.3 is 5.97 Å². The Labute approximate surface area is 123 Å². The van der Waals surface area contributed by atoms with Crippen molar-refractivity contribution in [3.8, 4) is 17.2 Å². The van der Waals surface area contributed by atoms with E-state index in [0.717, 1.165) is 0 Å². The maximum atomic E-state index is 11.7. The molecule has 0 saturated heterocycles. The first-order valence-electron chi connectivity index (χ1n) is 6.52. The number of benzene rings is 2. The van der Waals surface area contributed by atoms with E-state index < -0.39 is 5.97 Å². The minimum absolute atomic E-state index is 0.315. The third-order valence-corrected chi connectivity index (χ3v) is 2.79. The van der Waals surface area contributed by atoms with E-state index in [1.165, 1.54) is 0 Å². The first-order valence-corrected chi connectivity index (χ1v) is 6.52. The molecule has 0 fully saturated rings. The molecule has 2 aromatic carbocycles. The van der Waals surface area contributed by atoms with Crippen molar-refractivity contribution in [2.75, 3.05) is 19.5 Å². The van der Waals surface area contributed by atoms with Crippen molar-refractivity contribution in [3.05, 3.63) is 48.0 Å². The number of rotatable bonds is 5. The second-order valence-corrected chi connectivity index (χ2v) is 4.25. The number of methoxy groups -OCH3 is 1. The van der Waals surface area contributed by atoms with E-state index in [9.17, 15) is 4.79 Å². The van der Waals surface area contributed by atoms with Gasteiger partial charge in [-0.1, -0.05) is 6.07 Å². The fourth-order valence-corrected chi connectivity index (χ4v) is 1.76. The maximum absolute atomic E-state index is 11.7. The number of carbonyl (C=O) groups is 1. The fraction of sp³-hybridized carbons (Fsp3) is 0.188. The van der Waals surface area contributed by atoms with Gasteiger partial charge in [-0.05, 0) is 37.3 Å². The molecule has 0 aliphatic rings. The number of carbonyl (C=O) groups excluding carboxylic acids is 1. The van der Waals surface area contributed by atoms with Crippen LogP contribution < -0.4 is 15.2 Å². The Morgan fingerprint density at radius 2 is 1.90 bits per heavy atom. The van der Waals surface area contributed by atoms with Crippen LogP contribution in [0.15, 0.2) is 42.5 Å². The van der Waals surface area contributed by atoms with E-state index in [4.69, 9.17) is 19.9 Å². The van der Waals surface area contributed by atoms with E-state index in [1.54, 1.807) is 50.4 Å². The van der Waals surface area contributed by atoms with Crippen LogP contribution >= 0.6 is 0 Å². The molecule has 0 spiro atoms. The number of nitrogen functional groups attached to an aromatic ring is 1. The van der Waals surface area contributed by atoms with Crippen LogP contribution in [0, 0.1) is 0 Å². The number of nitrogens with two attached hydrogens (primary N) is 1. The van der Waals surface area contributed by atoms with E-state index in [0.29, 0.717) is 35.1 Å². The van der Waals surface area contributed by atoms with Crippen LogP contribution in [0.1, 0.15) is 17.3 Å². The van der Waals surface area contributed by atoms with E-state index in [2.05, 4.69) is 0 Å². The van der Waals surface area contributed by atoms with E-state index in [1.807, 2.05) is 6.07 Å². The van der Waals surface area contributed by atoms with Gasteiger partial charge in [0.15, 0.2) is 5.75 Å². The second kappa shape index (κ2) is 6.65. The summed E-state index contributed by atoms with van der Waals surface area (Å²) in [6.07, 6.45) is 0. The molecule has 0 saturated carbocycles. The van der Waals surface area contributed by atoms with Crippen LogP contribution in [0.4, 0.5) is 5.69 Å². The van der Waals surface area contributed by atoms with Crippen LogP contribution in [0.5, 0.6) is 17.2 Å². The van der Waals surface area contributed by atoms with E-state index >= 15 is 0 Å². The predicted molar refractivity (Wildman–Crippen MR) is 79.9 cm³/mol. The lowest BCUT2D eigenvalue weighted by atomic mass is 10.2. The molecule has 2 N–H and O–H groups in total. The Balaban J connectivity index is 2.26. The third kappa shape index (κ3) is 3.66. The molecule has 0 unspecified atom stereocenters. The number of esters is 1. The lowest BCUT2D eigenvalue weighted by Crippen LogP contribution is -2.05. The number of ether oxygens (including phenoxy) is 3. The van der Waals surface area contributed by atoms with Gasteiger partial charge in [0.1, 0.15) is 11.5 Å². The zero-order valence-electron chi connectivity index (χ0n) is 12.0. The van der Waals surface area contributed by atoms with Crippen molar-refractivity contribution in [3.63, 3.8) is 0 Å². The Kier molecular flexibility index (Phi) is 4.66. The fourth-order valence-electron chi connectivity index (χ4n) is 1.76. The lowest BCUT2D eigenvalue weighted by molar-refractivity contribution is 0.0526. The molecule has 0 bridgehead atoms. The molecule has 0 heterocycles. The van der Waals surface area contributed by atoms with Crippen LogP contribution in [-0.4, -0.2) is 19.7 Å². The van der Waals surface area contributed by atoms with Gasteiger partial charge in [-0.15, -0.1) is 0 Å². The smallest absolute Gasteiger partial charge is 0.338 e. The molecule has 5 nitrogen and oxygen atoms in total. The number of hydrogen-bond acceptors (Lipinski definition) is 5. The van der Waals surface area contributed by atoms with Crippen LogP contribution in [0.25, 0.3) is 0 Å². The van der Waals surface area contributed by atoms with Gasteiger partial charge in [0.25, 0.3) is 0 Å². The number of anilines is 1. The van der Waals surface area contributed by atoms with Gasteiger partial charge in [0.05, 0.1) is 25.0 Å². The SMILES string of the molecule is CCOC(=O)c1ccc(N)c(Oc2cccc(OC)c2)c1. The Bertz CT molecular complexity index is 640. The summed E-state index contributed by atoms with van der Waals surface area (Å²) >= 11 is 0.